The predicted molar refractivity (Wildman–Crippen MR) is 129 cm³/mol. The van der Waals surface area contributed by atoms with E-state index in [1.165, 1.54) is 0 Å². The molecule has 0 radical (unpaired) electrons. The van der Waals surface area contributed by atoms with Gasteiger partial charge in [-0.15, -0.1) is 0 Å². The lowest BCUT2D eigenvalue weighted by Gasteiger charge is -2.30. The van der Waals surface area contributed by atoms with Crippen molar-refractivity contribution >= 4 is 11.8 Å². The van der Waals surface area contributed by atoms with Crippen LogP contribution in [-0.2, 0) is 0 Å². The van der Waals surface area contributed by atoms with Gasteiger partial charge < -0.3 is 19.3 Å². The number of piperidine rings is 1. The zero-order chi connectivity index (χ0) is 24.0. The number of benzene rings is 1. The van der Waals surface area contributed by atoms with Gasteiger partial charge in [-0.25, -0.2) is 0 Å². The van der Waals surface area contributed by atoms with Gasteiger partial charge in [-0.3, -0.25) is 4.79 Å². The third kappa shape index (κ3) is 6.79. The molecule has 1 aliphatic heterocycles. The SMILES string of the molecule is Cc1cc(OCCCC2CCN(c3nc(C(C)C)no3)CC2)cc(C)c1C(=O)C[C@H](C)CO. The molecule has 0 bridgehead atoms. The molecule has 3 rings (SSSR count). The van der Waals surface area contributed by atoms with Gasteiger partial charge in [-0.1, -0.05) is 25.9 Å². The van der Waals surface area contributed by atoms with Crippen LogP contribution in [0, 0.1) is 25.7 Å². The summed E-state index contributed by atoms with van der Waals surface area (Å²) < 4.78 is 11.4. The maximum atomic E-state index is 12.6. The van der Waals surface area contributed by atoms with E-state index in [2.05, 4.69) is 28.9 Å². The second-order valence-corrected chi connectivity index (χ2v) is 9.86. The number of carbonyl (C=O) groups excluding carboxylic acids is 1. The molecule has 1 aromatic heterocycles. The highest BCUT2D eigenvalue weighted by Crippen LogP contribution is 2.27. The number of aliphatic hydroxyl groups excluding tert-OH is 1. The van der Waals surface area contributed by atoms with Gasteiger partial charge in [-0.05, 0) is 74.6 Å². The van der Waals surface area contributed by atoms with E-state index >= 15 is 0 Å². The van der Waals surface area contributed by atoms with Crippen LogP contribution in [0.25, 0.3) is 0 Å². The van der Waals surface area contributed by atoms with Crippen molar-refractivity contribution in [2.75, 3.05) is 31.2 Å². The van der Waals surface area contributed by atoms with Crippen LogP contribution in [-0.4, -0.2) is 47.3 Å². The van der Waals surface area contributed by atoms with Gasteiger partial charge in [0, 0.05) is 37.6 Å². The summed E-state index contributed by atoms with van der Waals surface area (Å²) in [6.45, 7) is 12.5. The summed E-state index contributed by atoms with van der Waals surface area (Å²) >= 11 is 0. The smallest absolute Gasteiger partial charge is 0.324 e. The Morgan fingerprint density at radius 1 is 1.21 bits per heavy atom. The minimum Gasteiger partial charge on any atom is -0.494 e. The first-order chi connectivity index (χ1) is 15.8. The molecule has 1 fully saturated rings. The molecule has 1 saturated heterocycles. The minimum absolute atomic E-state index is 0.0244. The van der Waals surface area contributed by atoms with Crippen LogP contribution in [0.4, 0.5) is 6.01 Å². The average Bonchev–Trinajstić information content (AvgIpc) is 3.27. The fourth-order valence-electron chi connectivity index (χ4n) is 4.49. The van der Waals surface area contributed by atoms with Gasteiger partial charge >= 0.3 is 6.01 Å². The molecular formula is C26H39N3O4. The number of Topliss-reactive ketones (excluding diaryl/α,β-unsaturated/α-hetero) is 1. The number of anilines is 1. The highest BCUT2D eigenvalue weighted by molar-refractivity contribution is 5.99. The Hall–Kier alpha value is -2.41. The number of carbonyl (C=O) groups is 1. The van der Waals surface area contributed by atoms with Gasteiger partial charge in [0.2, 0.25) is 0 Å². The molecule has 7 heteroatoms. The molecule has 1 aliphatic rings. The van der Waals surface area contributed by atoms with Gasteiger partial charge in [0.05, 0.1) is 6.61 Å². The summed E-state index contributed by atoms with van der Waals surface area (Å²) in [6, 6.07) is 4.56. The first-order valence-corrected chi connectivity index (χ1v) is 12.2. The molecule has 7 nitrogen and oxygen atoms in total. The standard InChI is InChI=1S/C26H39N3O4/c1-17(2)25-27-26(33-28-25)29-10-8-21(9-11-29)7-6-12-32-22-14-19(4)24(20(5)15-22)23(31)13-18(3)16-30/h14-15,17-18,21,30H,6-13,16H2,1-5H3/t18-/m0/s1. The summed E-state index contributed by atoms with van der Waals surface area (Å²) in [5.74, 6) is 2.62. The third-order valence-electron chi connectivity index (χ3n) is 6.49. The van der Waals surface area contributed by atoms with Crippen molar-refractivity contribution in [3.8, 4) is 5.75 Å². The van der Waals surface area contributed by atoms with Crippen molar-refractivity contribution in [2.24, 2.45) is 11.8 Å². The lowest BCUT2D eigenvalue weighted by Crippen LogP contribution is -2.34. The third-order valence-corrected chi connectivity index (χ3v) is 6.49. The molecule has 33 heavy (non-hydrogen) atoms. The molecule has 2 heterocycles. The highest BCUT2D eigenvalue weighted by atomic mass is 16.5. The van der Waals surface area contributed by atoms with E-state index in [1.807, 2.05) is 32.9 Å². The van der Waals surface area contributed by atoms with Crippen LogP contribution in [0.3, 0.4) is 0 Å². The van der Waals surface area contributed by atoms with Crippen molar-refractivity contribution in [1.82, 2.24) is 10.1 Å². The van der Waals surface area contributed by atoms with Crippen LogP contribution in [0.15, 0.2) is 16.7 Å². The Morgan fingerprint density at radius 3 is 2.45 bits per heavy atom. The Kier molecular flexibility index (Phi) is 8.89. The molecule has 1 atom stereocenters. The van der Waals surface area contributed by atoms with Crippen molar-refractivity contribution in [1.29, 1.82) is 0 Å². The summed E-state index contributed by atoms with van der Waals surface area (Å²) in [6.07, 6.45) is 4.77. The first kappa shape index (κ1) is 25.2. The zero-order valence-electron chi connectivity index (χ0n) is 20.8. The topological polar surface area (TPSA) is 88.7 Å². The minimum atomic E-state index is -0.0244. The number of aliphatic hydroxyl groups is 1. The fraction of sp³-hybridized carbons (Fsp3) is 0.654. The zero-order valence-corrected chi connectivity index (χ0v) is 20.8. The van der Waals surface area contributed by atoms with E-state index in [0.29, 0.717) is 25.0 Å². The van der Waals surface area contributed by atoms with E-state index in [0.717, 1.165) is 67.0 Å². The fourth-order valence-corrected chi connectivity index (χ4v) is 4.49. The number of hydrogen-bond acceptors (Lipinski definition) is 7. The van der Waals surface area contributed by atoms with Crippen LogP contribution < -0.4 is 9.64 Å². The molecular weight excluding hydrogens is 418 g/mol. The second-order valence-electron chi connectivity index (χ2n) is 9.86. The number of ketones is 1. The maximum absolute atomic E-state index is 12.6. The van der Waals surface area contributed by atoms with E-state index in [9.17, 15) is 9.90 Å². The molecule has 0 amide bonds. The van der Waals surface area contributed by atoms with Gasteiger partial charge in [-0.2, -0.15) is 4.98 Å². The lowest BCUT2D eigenvalue weighted by atomic mass is 9.92. The second kappa shape index (κ2) is 11.6. The van der Waals surface area contributed by atoms with Crippen molar-refractivity contribution < 1.29 is 19.2 Å². The van der Waals surface area contributed by atoms with Crippen molar-refractivity contribution in [3.63, 3.8) is 0 Å². The molecule has 1 N–H and O–H groups in total. The normalized spacial score (nSPS) is 15.8. The number of ether oxygens (including phenoxy) is 1. The van der Waals surface area contributed by atoms with Crippen LogP contribution in [0.1, 0.15) is 86.1 Å². The molecule has 1 aromatic carbocycles. The summed E-state index contributed by atoms with van der Waals surface area (Å²) in [5, 5.41) is 13.3. The maximum Gasteiger partial charge on any atom is 0.324 e. The van der Waals surface area contributed by atoms with Crippen LogP contribution in [0.2, 0.25) is 0 Å². The number of rotatable bonds is 11. The summed E-state index contributed by atoms with van der Waals surface area (Å²) in [7, 11) is 0. The number of aromatic nitrogens is 2. The van der Waals surface area contributed by atoms with E-state index < -0.39 is 0 Å². The predicted octanol–water partition coefficient (Wildman–Crippen LogP) is 5.09. The van der Waals surface area contributed by atoms with Crippen molar-refractivity contribution in [2.45, 2.75) is 72.6 Å². The largest absolute Gasteiger partial charge is 0.494 e. The molecule has 0 aliphatic carbocycles. The Labute approximate surface area is 197 Å². The summed E-state index contributed by atoms with van der Waals surface area (Å²) in [5.41, 5.74) is 2.64. The van der Waals surface area contributed by atoms with E-state index in [1.54, 1.807) is 0 Å². The average molecular weight is 458 g/mol. The van der Waals surface area contributed by atoms with Gasteiger partial charge in [0.25, 0.3) is 0 Å². The van der Waals surface area contributed by atoms with Crippen molar-refractivity contribution in [3.05, 3.63) is 34.6 Å². The van der Waals surface area contributed by atoms with E-state index in [4.69, 9.17) is 9.26 Å². The molecule has 0 spiro atoms. The molecule has 0 unspecified atom stereocenters. The summed E-state index contributed by atoms with van der Waals surface area (Å²) in [4.78, 5) is 19.3. The van der Waals surface area contributed by atoms with Gasteiger partial charge in [0.1, 0.15) is 5.75 Å². The number of hydrogen-bond donors (Lipinski definition) is 1. The molecule has 0 saturated carbocycles. The van der Waals surface area contributed by atoms with Gasteiger partial charge in [0.15, 0.2) is 11.6 Å². The number of nitrogens with zero attached hydrogens (tertiary/aromatic N) is 3. The van der Waals surface area contributed by atoms with Crippen LogP contribution in [0.5, 0.6) is 5.75 Å². The quantitative estimate of drug-likeness (QED) is 0.371. The monoisotopic (exact) mass is 457 g/mol. The highest BCUT2D eigenvalue weighted by Gasteiger charge is 2.23. The lowest BCUT2D eigenvalue weighted by molar-refractivity contribution is 0.0942. The number of aryl methyl sites for hydroxylation is 2. The van der Waals surface area contributed by atoms with Crippen LogP contribution >= 0.6 is 0 Å². The molecule has 182 valence electrons. The van der Waals surface area contributed by atoms with E-state index in [-0.39, 0.29) is 24.2 Å². The molecule has 2 aromatic rings. The Morgan fingerprint density at radius 2 is 1.88 bits per heavy atom. The Balaban J connectivity index is 1.41. The first-order valence-electron chi connectivity index (χ1n) is 12.2. The Bertz CT molecular complexity index is 893.